The van der Waals surface area contributed by atoms with Gasteiger partial charge in [0.25, 0.3) is 0 Å². The molecule has 1 aliphatic carbocycles. The molecule has 0 aromatic heterocycles. The van der Waals surface area contributed by atoms with Crippen LogP contribution in [0.5, 0.6) is 5.75 Å². The zero-order valence-corrected chi connectivity index (χ0v) is 13.9. The number of nitrogens with one attached hydrogen (secondary N) is 1. The molecule has 2 atom stereocenters. The quantitative estimate of drug-likeness (QED) is 0.840. The summed E-state index contributed by atoms with van der Waals surface area (Å²) in [7, 11) is 2.15. The lowest BCUT2D eigenvalue weighted by atomic mass is 9.84. The highest BCUT2D eigenvalue weighted by Crippen LogP contribution is 2.41. The fraction of sp³-hybridized carbons (Fsp3) is 0.667. The second kappa shape index (κ2) is 6.69. The summed E-state index contributed by atoms with van der Waals surface area (Å²) in [4.78, 5) is 2.31. The molecule has 21 heavy (non-hydrogen) atoms. The van der Waals surface area contributed by atoms with Crippen molar-refractivity contribution in [2.45, 2.75) is 46.1 Å². The van der Waals surface area contributed by atoms with E-state index in [1.807, 2.05) is 12.1 Å². The maximum atomic E-state index is 9.40. The van der Waals surface area contributed by atoms with Crippen molar-refractivity contribution in [1.29, 1.82) is 0 Å². The van der Waals surface area contributed by atoms with Gasteiger partial charge in [-0.2, -0.15) is 0 Å². The molecule has 1 fully saturated rings. The van der Waals surface area contributed by atoms with Gasteiger partial charge in [0.1, 0.15) is 5.75 Å². The summed E-state index contributed by atoms with van der Waals surface area (Å²) < 4.78 is 0. The second-order valence-corrected chi connectivity index (χ2v) is 7.12. The van der Waals surface area contributed by atoms with Crippen LogP contribution < -0.4 is 10.2 Å². The molecule has 0 heterocycles. The van der Waals surface area contributed by atoms with Crippen LogP contribution in [0.15, 0.2) is 24.3 Å². The van der Waals surface area contributed by atoms with Crippen molar-refractivity contribution >= 4 is 5.69 Å². The average Bonchev–Trinajstić information content (AvgIpc) is 2.72. The number of aromatic hydroxyl groups is 1. The molecule has 0 aliphatic heterocycles. The second-order valence-electron chi connectivity index (χ2n) is 7.12. The highest BCUT2D eigenvalue weighted by molar-refractivity contribution is 5.48. The molecule has 3 heteroatoms. The van der Waals surface area contributed by atoms with Crippen LogP contribution >= 0.6 is 0 Å². The summed E-state index contributed by atoms with van der Waals surface area (Å²) in [5.74, 6) is 1.02. The van der Waals surface area contributed by atoms with Crippen LogP contribution in [0.1, 0.15) is 40.0 Å². The third-order valence-electron chi connectivity index (χ3n) is 4.89. The van der Waals surface area contributed by atoms with E-state index >= 15 is 0 Å². The maximum absolute atomic E-state index is 9.40. The first-order valence-corrected chi connectivity index (χ1v) is 8.17. The molecule has 1 saturated carbocycles. The number of benzene rings is 1. The van der Waals surface area contributed by atoms with Gasteiger partial charge in [-0.3, -0.25) is 0 Å². The van der Waals surface area contributed by atoms with Crippen LogP contribution in [0.4, 0.5) is 5.69 Å². The van der Waals surface area contributed by atoms with E-state index in [9.17, 15) is 5.11 Å². The van der Waals surface area contributed by atoms with E-state index < -0.39 is 0 Å². The predicted molar refractivity (Wildman–Crippen MR) is 90.0 cm³/mol. The molecule has 3 nitrogen and oxygen atoms in total. The van der Waals surface area contributed by atoms with Gasteiger partial charge in [0.2, 0.25) is 0 Å². The number of anilines is 1. The molecular formula is C18H30N2O. The minimum absolute atomic E-state index is 0.330. The SMILES string of the molecule is CCCNC1C(CN(C)c2ccc(O)cc2)CCC1(C)C. The predicted octanol–water partition coefficient (Wildman–Crippen LogP) is 3.63. The van der Waals surface area contributed by atoms with Gasteiger partial charge < -0.3 is 15.3 Å². The molecule has 2 rings (SSSR count). The lowest BCUT2D eigenvalue weighted by molar-refractivity contribution is 0.250. The summed E-state index contributed by atoms with van der Waals surface area (Å²) in [6.45, 7) is 9.18. The minimum atomic E-state index is 0.330. The molecule has 1 aliphatic rings. The topological polar surface area (TPSA) is 35.5 Å². The van der Waals surface area contributed by atoms with E-state index in [2.05, 4.69) is 38.0 Å². The average molecular weight is 290 g/mol. The zero-order valence-electron chi connectivity index (χ0n) is 13.9. The fourth-order valence-corrected chi connectivity index (χ4v) is 3.62. The molecule has 0 saturated heterocycles. The van der Waals surface area contributed by atoms with E-state index in [-0.39, 0.29) is 0 Å². The summed E-state index contributed by atoms with van der Waals surface area (Å²) >= 11 is 0. The summed E-state index contributed by atoms with van der Waals surface area (Å²) in [5, 5.41) is 13.2. The van der Waals surface area contributed by atoms with Crippen LogP contribution in [0.2, 0.25) is 0 Å². The zero-order chi connectivity index (χ0) is 15.5. The van der Waals surface area contributed by atoms with Gasteiger partial charge in [-0.05, 0) is 61.4 Å². The third-order valence-corrected chi connectivity index (χ3v) is 4.89. The smallest absolute Gasteiger partial charge is 0.115 e. The van der Waals surface area contributed by atoms with Crippen LogP contribution in [0.3, 0.4) is 0 Å². The first kappa shape index (κ1) is 16.2. The van der Waals surface area contributed by atoms with E-state index in [1.54, 1.807) is 12.1 Å². The molecule has 0 amide bonds. The van der Waals surface area contributed by atoms with Gasteiger partial charge >= 0.3 is 0 Å². The Morgan fingerprint density at radius 2 is 1.95 bits per heavy atom. The van der Waals surface area contributed by atoms with Crippen molar-refractivity contribution in [3.8, 4) is 5.75 Å². The van der Waals surface area contributed by atoms with Crippen molar-refractivity contribution in [2.75, 3.05) is 25.0 Å². The Kier molecular flexibility index (Phi) is 5.15. The van der Waals surface area contributed by atoms with Crippen LogP contribution in [-0.4, -0.2) is 31.3 Å². The Bertz CT molecular complexity index is 441. The minimum Gasteiger partial charge on any atom is -0.508 e. The number of rotatable bonds is 6. The van der Waals surface area contributed by atoms with Gasteiger partial charge in [0, 0.05) is 25.3 Å². The molecule has 2 unspecified atom stereocenters. The van der Waals surface area contributed by atoms with Crippen molar-refractivity contribution in [3.05, 3.63) is 24.3 Å². The molecule has 0 bridgehead atoms. The van der Waals surface area contributed by atoms with Crippen molar-refractivity contribution in [3.63, 3.8) is 0 Å². The van der Waals surface area contributed by atoms with Gasteiger partial charge in [-0.15, -0.1) is 0 Å². The largest absolute Gasteiger partial charge is 0.508 e. The summed E-state index contributed by atoms with van der Waals surface area (Å²) in [5.41, 5.74) is 1.56. The van der Waals surface area contributed by atoms with E-state index in [4.69, 9.17) is 0 Å². The molecule has 0 spiro atoms. The Balaban J connectivity index is 2.01. The van der Waals surface area contributed by atoms with Crippen molar-refractivity contribution < 1.29 is 5.11 Å². The lowest BCUT2D eigenvalue weighted by Gasteiger charge is -2.34. The third kappa shape index (κ3) is 3.91. The lowest BCUT2D eigenvalue weighted by Crippen LogP contribution is -2.45. The molecule has 118 valence electrons. The first-order chi connectivity index (χ1) is 9.94. The molecule has 1 aromatic carbocycles. The standard InChI is InChI=1S/C18H30N2O/c1-5-12-19-17-14(10-11-18(17,2)3)13-20(4)15-6-8-16(21)9-7-15/h6-9,14,17,19,21H,5,10-13H2,1-4H3. The highest BCUT2D eigenvalue weighted by Gasteiger charge is 2.41. The van der Waals surface area contributed by atoms with E-state index in [1.165, 1.54) is 24.9 Å². The van der Waals surface area contributed by atoms with Crippen LogP contribution in [-0.2, 0) is 0 Å². The normalized spacial score (nSPS) is 24.2. The molecule has 2 N–H and O–H groups in total. The monoisotopic (exact) mass is 290 g/mol. The van der Waals surface area contributed by atoms with E-state index in [0.29, 0.717) is 23.1 Å². The number of hydrogen-bond acceptors (Lipinski definition) is 3. The number of phenols is 1. The Morgan fingerprint density at radius 1 is 1.29 bits per heavy atom. The number of nitrogens with zero attached hydrogens (tertiary/aromatic N) is 1. The Morgan fingerprint density at radius 3 is 2.57 bits per heavy atom. The van der Waals surface area contributed by atoms with Gasteiger partial charge in [0.05, 0.1) is 0 Å². The van der Waals surface area contributed by atoms with Gasteiger partial charge in [0.15, 0.2) is 0 Å². The highest BCUT2D eigenvalue weighted by atomic mass is 16.3. The first-order valence-electron chi connectivity index (χ1n) is 8.17. The molecular weight excluding hydrogens is 260 g/mol. The van der Waals surface area contributed by atoms with Crippen molar-refractivity contribution in [2.24, 2.45) is 11.3 Å². The van der Waals surface area contributed by atoms with Gasteiger partial charge in [-0.1, -0.05) is 20.8 Å². The summed E-state index contributed by atoms with van der Waals surface area (Å²) in [6, 6.07) is 8.10. The van der Waals surface area contributed by atoms with Crippen LogP contribution in [0, 0.1) is 11.3 Å². The Hall–Kier alpha value is -1.22. The fourth-order valence-electron chi connectivity index (χ4n) is 3.62. The molecule has 1 aromatic rings. The Labute approximate surface area is 129 Å². The van der Waals surface area contributed by atoms with Gasteiger partial charge in [-0.25, -0.2) is 0 Å². The van der Waals surface area contributed by atoms with E-state index in [0.717, 1.165) is 13.1 Å². The molecule has 0 radical (unpaired) electrons. The van der Waals surface area contributed by atoms with Crippen molar-refractivity contribution in [1.82, 2.24) is 5.32 Å². The van der Waals surface area contributed by atoms with Crippen LogP contribution in [0.25, 0.3) is 0 Å². The number of phenolic OH excluding ortho intramolecular Hbond substituents is 1. The maximum Gasteiger partial charge on any atom is 0.115 e. The summed E-state index contributed by atoms with van der Waals surface area (Å²) in [6.07, 6.45) is 3.77. The number of hydrogen-bond donors (Lipinski definition) is 2.